The van der Waals surface area contributed by atoms with Crippen LogP contribution in [0, 0.1) is 5.92 Å². The van der Waals surface area contributed by atoms with Crippen LogP contribution in [0.3, 0.4) is 0 Å². The number of amides is 1. The van der Waals surface area contributed by atoms with Gasteiger partial charge in [0.05, 0.1) is 13.2 Å². The highest BCUT2D eigenvalue weighted by Crippen LogP contribution is 2.16. The first kappa shape index (κ1) is 20.7. The third kappa shape index (κ3) is 7.27. The summed E-state index contributed by atoms with van der Waals surface area (Å²) in [6, 6.07) is 14.4. The monoisotopic (exact) mass is 386 g/mol. The molecule has 0 saturated carbocycles. The summed E-state index contributed by atoms with van der Waals surface area (Å²) >= 11 is 5.21. The van der Waals surface area contributed by atoms with Gasteiger partial charge in [0, 0.05) is 11.3 Å². The lowest BCUT2D eigenvalue weighted by Gasteiger charge is -2.12. The van der Waals surface area contributed by atoms with Crippen LogP contribution in [0.1, 0.15) is 37.6 Å². The molecule has 0 fully saturated rings. The fourth-order valence-corrected chi connectivity index (χ4v) is 2.37. The second-order valence-electron chi connectivity index (χ2n) is 6.51. The maximum Gasteiger partial charge on any atom is 0.257 e. The second-order valence-corrected chi connectivity index (χ2v) is 6.92. The van der Waals surface area contributed by atoms with Crippen molar-refractivity contribution in [2.45, 2.75) is 27.2 Å². The van der Waals surface area contributed by atoms with E-state index in [9.17, 15) is 4.79 Å². The first-order chi connectivity index (χ1) is 13.0. The summed E-state index contributed by atoms with van der Waals surface area (Å²) in [5.74, 6) is 1.74. The molecule has 1 amide bonds. The lowest BCUT2D eigenvalue weighted by molar-refractivity contribution is 0.0977. The van der Waals surface area contributed by atoms with Crippen molar-refractivity contribution in [2.75, 3.05) is 18.5 Å². The number of thiocarbonyl (C=S) groups is 1. The Kier molecular flexibility index (Phi) is 8.07. The molecule has 0 aromatic heterocycles. The van der Waals surface area contributed by atoms with Gasteiger partial charge < -0.3 is 14.8 Å². The third-order valence-electron chi connectivity index (χ3n) is 3.51. The summed E-state index contributed by atoms with van der Waals surface area (Å²) in [6.45, 7) is 7.57. The molecule has 0 unspecified atom stereocenters. The highest BCUT2D eigenvalue weighted by atomic mass is 32.1. The molecule has 0 saturated heterocycles. The minimum atomic E-state index is -0.272. The molecule has 0 radical (unpaired) electrons. The number of benzene rings is 2. The van der Waals surface area contributed by atoms with E-state index in [2.05, 4.69) is 24.5 Å². The van der Waals surface area contributed by atoms with Gasteiger partial charge in [0.2, 0.25) is 0 Å². The lowest BCUT2D eigenvalue weighted by atomic mass is 10.2. The first-order valence-corrected chi connectivity index (χ1v) is 9.46. The predicted molar refractivity (Wildman–Crippen MR) is 113 cm³/mol. The van der Waals surface area contributed by atoms with Crippen molar-refractivity contribution in [3.8, 4) is 11.5 Å². The number of ether oxygens (including phenoxy) is 2. The SMILES string of the molecule is CCCOc1ccc(C(=O)NC(=S)Nc2ccc(OCC(C)C)cc2)cc1. The van der Waals surface area contributed by atoms with Crippen LogP contribution in [-0.4, -0.2) is 24.2 Å². The average molecular weight is 387 g/mol. The quantitative estimate of drug-likeness (QED) is 0.648. The van der Waals surface area contributed by atoms with Crippen LogP contribution in [0.4, 0.5) is 5.69 Å². The number of carbonyl (C=O) groups excluding carboxylic acids is 1. The molecule has 2 rings (SSSR count). The molecular weight excluding hydrogens is 360 g/mol. The van der Waals surface area contributed by atoms with Crippen LogP contribution in [0.25, 0.3) is 0 Å². The van der Waals surface area contributed by atoms with Crippen molar-refractivity contribution in [1.82, 2.24) is 5.32 Å². The van der Waals surface area contributed by atoms with Crippen molar-refractivity contribution < 1.29 is 14.3 Å². The highest BCUT2D eigenvalue weighted by molar-refractivity contribution is 7.80. The summed E-state index contributed by atoms with van der Waals surface area (Å²) in [5, 5.41) is 5.90. The van der Waals surface area contributed by atoms with Gasteiger partial charge in [-0.3, -0.25) is 10.1 Å². The van der Waals surface area contributed by atoms with Gasteiger partial charge in [0.15, 0.2) is 5.11 Å². The molecule has 0 bridgehead atoms. The van der Waals surface area contributed by atoms with Crippen LogP contribution >= 0.6 is 12.2 Å². The van der Waals surface area contributed by atoms with E-state index in [0.29, 0.717) is 24.7 Å². The summed E-state index contributed by atoms with van der Waals surface area (Å²) in [5.41, 5.74) is 1.29. The summed E-state index contributed by atoms with van der Waals surface area (Å²) < 4.78 is 11.2. The zero-order chi connectivity index (χ0) is 19.6. The summed E-state index contributed by atoms with van der Waals surface area (Å²) in [6.07, 6.45) is 0.938. The van der Waals surface area contributed by atoms with Gasteiger partial charge in [0.1, 0.15) is 11.5 Å². The van der Waals surface area contributed by atoms with Crippen LogP contribution in [0.15, 0.2) is 48.5 Å². The van der Waals surface area contributed by atoms with E-state index in [-0.39, 0.29) is 11.0 Å². The molecule has 27 heavy (non-hydrogen) atoms. The molecule has 0 aliphatic carbocycles. The maximum atomic E-state index is 12.3. The number of hydrogen-bond acceptors (Lipinski definition) is 4. The third-order valence-corrected chi connectivity index (χ3v) is 3.72. The van der Waals surface area contributed by atoms with Gasteiger partial charge in [-0.05, 0) is 73.1 Å². The number of carbonyl (C=O) groups is 1. The Morgan fingerprint density at radius 3 is 2.19 bits per heavy atom. The van der Waals surface area contributed by atoms with Gasteiger partial charge in [-0.1, -0.05) is 20.8 Å². The van der Waals surface area contributed by atoms with E-state index >= 15 is 0 Å². The van der Waals surface area contributed by atoms with Crippen molar-refractivity contribution in [2.24, 2.45) is 5.92 Å². The summed E-state index contributed by atoms with van der Waals surface area (Å²) in [4.78, 5) is 12.3. The predicted octanol–water partition coefficient (Wildman–Crippen LogP) is 4.64. The Balaban J connectivity index is 1.84. The topological polar surface area (TPSA) is 59.6 Å². The fraction of sp³-hybridized carbons (Fsp3) is 0.333. The van der Waals surface area contributed by atoms with Crippen molar-refractivity contribution in [1.29, 1.82) is 0 Å². The van der Waals surface area contributed by atoms with Crippen molar-refractivity contribution in [3.05, 3.63) is 54.1 Å². The van der Waals surface area contributed by atoms with Gasteiger partial charge >= 0.3 is 0 Å². The van der Waals surface area contributed by atoms with E-state index in [1.807, 2.05) is 31.2 Å². The summed E-state index contributed by atoms with van der Waals surface area (Å²) in [7, 11) is 0. The average Bonchev–Trinajstić information content (AvgIpc) is 2.66. The number of hydrogen-bond donors (Lipinski definition) is 2. The molecule has 0 heterocycles. The Morgan fingerprint density at radius 1 is 1.00 bits per heavy atom. The minimum Gasteiger partial charge on any atom is -0.494 e. The molecule has 2 N–H and O–H groups in total. The Morgan fingerprint density at radius 2 is 1.59 bits per heavy atom. The van der Waals surface area contributed by atoms with E-state index in [4.69, 9.17) is 21.7 Å². The van der Waals surface area contributed by atoms with E-state index in [1.165, 1.54) is 0 Å². The van der Waals surface area contributed by atoms with Crippen LogP contribution in [-0.2, 0) is 0 Å². The number of nitrogens with one attached hydrogen (secondary N) is 2. The molecule has 6 heteroatoms. The molecule has 144 valence electrons. The van der Waals surface area contributed by atoms with Crippen molar-refractivity contribution >= 4 is 28.9 Å². The van der Waals surface area contributed by atoms with E-state index < -0.39 is 0 Å². The normalized spacial score (nSPS) is 10.4. The Hall–Kier alpha value is -2.60. The molecular formula is C21H26N2O3S. The second kappa shape index (κ2) is 10.5. The Labute approximate surface area is 166 Å². The first-order valence-electron chi connectivity index (χ1n) is 9.06. The zero-order valence-electron chi connectivity index (χ0n) is 16.0. The number of anilines is 1. The van der Waals surface area contributed by atoms with E-state index in [1.54, 1.807) is 24.3 Å². The smallest absolute Gasteiger partial charge is 0.257 e. The maximum absolute atomic E-state index is 12.3. The van der Waals surface area contributed by atoms with Gasteiger partial charge in [-0.25, -0.2) is 0 Å². The van der Waals surface area contributed by atoms with Gasteiger partial charge in [-0.2, -0.15) is 0 Å². The van der Waals surface area contributed by atoms with Gasteiger partial charge in [0.25, 0.3) is 5.91 Å². The molecule has 5 nitrogen and oxygen atoms in total. The molecule has 2 aromatic carbocycles. The van der Waals surface area contributed by atoms with Crippen LogP contribution in [0.2, 0.25) is 0 Å². The van der Waals surface area contributed by atoms with Crippen LogP contribution in [0.5, 0.6) is 11.5 Å². The molecule has 0 aliphatic heterocycles. The number of rotatable bonds is 8. The highest BCUT2D eigenvalue weighted by Gasteiger charge is 2.08. The van der Waals surface area contributed by atoms with Gasteiger partial charge in [-0.15, -0.1) is 0 Å². The molecule has 2 aromatic rings. The van der Waals surface area contributed by atoms with Crippen molar-refractivity contribution in [3.63, 3.8) is 0 Å². The fourth-order valence-electron chi connectivity index (χ4n) is 2.16. The van der Waals surface area contributed by atoms with Crippen LogP contribution < -0.4 is 20.1 Å². The zero-order valence-corrected chi connectivity index (χ0v) is 16.8. The Bertz CT molecular complexity index is 743. The van der Waals surface area contributed by atoms with E-state index in [0.717, 1.165) is 23.6 Å². The molecule has 0 aliphatic rings. The molecule has 0 atom stereocenters. The molecule has 0 spiro atoms. The lowest BCUT2D eigenvalue weighted by Crippen LogP contribution is -2.34. The largest absolute Gasteiger partial charge is 0.494 e. The standard InChI is InChI=1S/C21H26N2O3S/c1-4-13-25-18-9-5-16(6-10-18)20(24)23-21(27)22-17-7-11-19(12-8-17)26-14-15(2)3/h5-12,15H,4,13-14H2,1-3H3,(H2,22,23,24,27). The minimum absolute atomic E-state index is 0.238.